The Labute approximate surface area is 153 Å². The zero-order valence-electron chi connectivity index (χ0n) is 13.1. The second kappa shape index (κ2) is 7.43. The summed E-state index contributed by atoms with van der Waals surface area (Å²) < 4.78 is 25.2. The number of hydrogen-bond donors (Lipinski definition) is 0. The minimum Gasteiger partial charge on any atom is -0.439 e. The van der Waals surface area contributed by atoms with Crippen molar-refractivity contribution in [3.8, 4) is 5.75 Å². The number of anilines is 1. The smallest absolute Gasteiger partial charge is 0.279 e. The first-order chi connectivity index (χ1) is 11.2. The average Bonchev–Trinajstić information content (AvgIpc) is 3.13. The first kappa shape index (κ1) is 17.7. The number of rotatable bonds is 3. The molecule has 2 aromatic rings. The minimum atomic E-state index is -0.913. The molecule has 2 aliphatic rings. The first-order valence-electron chi connectivity index (χ1n) is 7.74. The topological polar surface area (TPSA) is 15.7 Å². The van der Waals surface area contributed by atoms with Gasteiger partial charge < -0.3 is 9.19 Å². The van der Waals surface area contributed by atoms with E-state index in [-0.39, 0.29) is 14.2 Å². The van der Waals surface area contributed by atoms with Gasteiger partial charge in [-0.25, -0.2) is 9.06 Å². The van der Waals surface area contributed by atoms with Gasteiger partial charge in [-0.05, 0) is 59.1 Å². The monoisotopic (exact) mass is 405 g/mol. The van der Waals surface area contributed by atoms with Crippen LogP contribution in [0.3, 0.4) is 0 Å². The standard InChI is InChI=1S/C17H17BrFN2OP.B/c18-16-11-13(19)8-9-17(16)22-23-20-10-4-7-15(20)12-21(23)14-5-2-1-3-6-14;/h1-3,5-6,8-9,11,15H,4,7,10,12H2;/t15-,23+;/m0./s1. The second-order valence-electron chi connectivity index (χ2n) is 5.80. The van der Waals surface area contributed by atoms with E-state index in [9.17, 15) is 4.39 Å². The maximum absolute atomic E-state index is 13.3. The summed E-state index contributed by atoms with van der Waals surface area (Å²) >= 11 is 3.41. The maximum Gasteiger partial charge on any atom is 0.279 e. The van der Waals surface area contributed by atoms with Crippen LogP contribution in [0.4, 0.5) is 10.1 Å². The van der Waals surface area contributed by atoms with Gasteiger partial charge in [-0.3, -0.25) is 0 Å². The molecular formula is C17H17BBrFN2OP. The number of para-hydroxylation sites is 1. The molecule has 0 bridgehead atoms. The van der Waals surface area contributed by atoms with Crippen molar-refractivity contribution in [2.24, 2.45) is 0 Å². The number of hydrogen-bond acceptors (Lipinski definition) is 3. The largest absolute Gasteiger partial charge is 0.439 e. The lowest BCUT2D eigenvalue weighted by atomic mass is 10.2. The first-order valence-corrected chi connectivity index (χ1v) is 9.70. The Morgan fingerprint density at radius 3 is 2.71 bits per heavy atom. The summed E-state index contributed by atoms with van der Waals surface area (Å²) in [4.78, 5) is 0. The van der Waals surface area contributed by atoms with Crippen molar-refractivity contribution in [2.45, 2.75) is 18.9 Å². The number of benzene rings is 2. The van der Waals surface area contributed by atoms with Crippen LogP contribution in [0.15, 0.2) is 53.0 Å². The van der Waals surface area contributed by atoms with Crippen molar-refractivity contribution in [2.75, 3.05) is 17.8 Å². The van der Waals surface area contributed by atoms with Crippen LogP contribution in [0.5, 0.6) is 5.75 Å². The lowest BCUT2D eigenvalue weighted by Gasteiger charge is -2.29. The van der Waals surface area contributed by atoms with Crippen LogP contribution in [-0.2, 0) is 0 Å². The number of nitrogens with zero attached hydrogens (tertiary/aromatic N) is 2. The molecule has 2 saturated heterocycles. The van der Waals surface area contributed by atoms with Crippen LogP contribution in [0.1, 0.15) is 12.8 Å². The van der Waals surface area contributed by atoms with Gasteiger partial charge in [0, 0.05) is 33.2 Å². The SMILES string of the molecule is Fc1ccc(O[P@@]2N(c3ccccc3)C[C@@H]3CCCN32)c(Br)c1.[B]. The van der Waals surface area contributed by atoms with Gasteiger partial charge in [0.05, 0.1) is 4.47 Å². The summed E-state index contributed by atoms with van der Waals surface area (Å²) in [6.07, 6.45) is 2.44. The molecule has 24 heavy (non-hydrogen) atoms. The van der Waals surface area contributed by atoms with Crippen LogP contribution in [0, 0.1) is 5.82 Å². The Hall–Kier alpha value is -1.10. The fourth-order valence-electron chi connectivity index (χ4n) is 3.18. The molecule has 3 nitrogen and oxygen atoms in total. The van der Waals surface area contributed by atoms with E-state index in [1.165, 1.54) is 30.7 Å². The molecule has 0 amide bonds. The van der Waals surface area contributed by atoms with Crippen LogP contribution in [0.2, 0.25) is 0 Å². The molecule has 123 valence electrons. The van der Waals surface area contributed by atoms with Gasteiger partial charge in [0.1, 0.15) is 11.6 Å². The Balaban J connectivity index is 0.00000169. The highest BCUT2D eigenvalue weighted by atomic mass is 79.9. The molecule has 7 heteroatoms. The molecule has 0 aliphatic carbocycles. The summed E-state index contributed by atoms with van der Waals surface area (Å²) in [5, 5.41) is 0. The average molecular weight is 406 g/mol. The lowest BCUT2D eigenvalue weighted by molar-refractivity contribution is 0.431. The van der Waals surface area contributed by atoms with Gasteiger partial charge in [-0.15, -0.1) is 0 Å². The molecule has 0 saturated carbocycles. The number of halogens is 2. The van der Waals surface area contributed by atoms with Gasteiger partial charge in [-0.2, -0.15) is 0 Å². The van der Waals surface area contributed by atoms with E-state index in [2.05, 4.69) is 49.5 Å². The predicted molar refractivity (Wildman–Crippen MR) is 101 cm³/mol. The second-order valence-corrected chi connectivity index (χ2v) is 8.33. The van der Waals surface area contributed by atoms with Crippen LogP contribution < -0.4 is 9.19 Å². The fourth-order valence-corrected chi connectivity index (χ4v) is 5.99. The summed E-state index contributed by atoms with van der Waals surface area (Å²) in [6, 6.07) is 15.5. The van der Waals surface area contributed by atoms with Crippen molar-refractivity contribution in [3.05, 3.63) is 58.8 Å². The van der Waals surface area contributed by atoms with Crippen LogP contribution >= 0.6 is 24.4 Å². The normalized spacial score (nSPS) is 23.0. The van der Waals surface area contributed by atoms with Gasteiger partial charge in [0.25, 0.3) is 8.45 Å². The molecule has 2 fully saturated rings. The van der Waals surface area contributed by atoms with Gasteiger partial charge in [0.2, 0.25) is 0 Å². The molecule has 2 heterocycles. The van der Waals surface area contributed by atoms with Crippen molar-refractivity contribution in [3.63, 3.8) is 0 Å². The molecule has 4 rings (SSSR count). The molecule has 3 radical (unpaired) electrons. The van der Waals surface area contributed by atoms with E-state index >= 15 is 0 Å². The van der Waals surface area contributed by atoms with E-state index in [1.54, 1.807) is 6.07 Å². The third-order valence-electron chi connectivity index (χ3n) is 4.28. The van der Waals surface area contributed by atoms with E-state index in [0.29, 0.717) is 16.3 Å². The van der Waals surface area contributed by atoms with Crippen LogP contribution in [0.25, 0.3) is 0 Å². The van der Waals surface area contributed by atoms with Crippen molar-refractivity contribution < 1.29 is 8.91 Å². The van der Waals surface area contributed by atoms with Crippen LogP contribution in [-0.4, -0.2) is 32.2 Å². The molecule has 2 aliphatic heterocycles. The Bertz CT molecular complexity index is 708. The third-order valence-corrected chi connectivity index (χ3v) is 7.04. The molecule has 0 spiro atoms. The zero-order chi connectivity index (χ0) is 15.8. The van der Waals surface area contributed by atoms with E-state index in [0.717, 1.165) is 13.1 Å². The summed E-state index contributed by atoms with van der Waals surface area (Å²) in [7, 11) is -0.913. The molecule has 0 unspecified atom stereocenters. The van der Waals surface area contributed by atoms with E-state index in [4.69, 9.17) is 4.52 Å². The molecule has 0 aromatic heterocycles. The van der Waals surface area contributed by atoms with Crippen molar-refractivity contribution in [1.82, 2.24) is 4.67 Å². The molecule has 2 atom stereocenters. The van der Waals surface area contributed by atoms with Crippen molar-refractivity contribution in [1.29, 1.82) is 0 Å². The summed E-state index contributed by atoms with van der Waals surface area (Å²) in [5.41, 5.74) is 1.19. The summed E-state index contributed by atoms with van der Waals surface area (Å²) in [5.74, 6) is 0.438. The van der Waals surface area contributed by atoms with Gasteiger partial charge in [0.15, 0.2) is 0 Å². The van der Waals surface area contributed by atoms with Gasteiger partial charge >= 0.3 is 0 Å². The molecule has 2 aromatic carbocycles. The quantitative estimate of drug-likeness (QED) is 0.539. The predicted octanol–water partition coefficient (Wildman–Crippen LogP) is 4.80. The van der Waals surface area contributed by atoms with Gasteiger partial charge in [-0.1, -0.05) is 18.2 Å². The number of fused-ring (bicyclic) bond motifs is 1. The summed E-state index contributed by atoms with van der Waals surface area (Å²) in [6.45, 7) is 2.06. The van der Waals surface area contributed by atoms with Crippen molar-refractivity contribution >= 4 is 38.5 Å². The highest BCUT2D eigenvalue weighted by Gasteiger charge is 2.45. The lowest BCUT2D eigenvalue weighted by Crippen LogP contribution is -2.20. The highest BCUT2D eigenvalue weighted by molar-refractivity contribution is 9.10. The molecule has 0 N–H and O–H groups in total. The fraction of sp³-hybridized carbons (Fsp3) is 0.294. The van der Waals surface area contributed by atoms with E-state index in [1.807, 2.05) is 6.07 Å². The Morgan fingerprint density at radius 2 is 1.96 bits per heavy atom. The molecular weight excluding hydrogens is 389 g/mol. The minimum absolute atomic E-state index is 0. The maximum atomic E-state index is 13.3. The third kappa shape index (κ3) is 3.33. The Morgan fingerprint density at radius 1 is 1.17 bits per heavy atom. The Kier molecular flexibility index (Phi) is 5.48. The van der Waals surface area contributed by atoms with E-state index < -0.39 is 8.45 Å². The zero-order valence-corrected chi connectivity index (χ0v) is 15.6. The highest BCUT2D eigenvalue weighted by Crippen LogP contribution is 2.57.